The van der Waals surface area contributed by atoms with Crippen molar-refractivity contribution in [2.75, 3.05) is 6.61 Å². The van der Waals surface area contributed by atoms with Crippen molar-refractivity contribution in [3.8, 4) is 0 Å². The molecule has 2 saturated heterocycles. The molecular weight excluding hydrogens is 656 g/mol. The topological polar surface area (TPSA) is 165 Å². The van der Waals surface area contributed by atoms with Gasteiger partial charge in [-0.3, -0.25) is 9.59 Å². The summed E-state index contributed by atoms with van der Waals surface area (Å²) in [5.41, 5.74) is -0.829. The lowest BCUT2D eigenvalue weighted by molar-refractivity contribution is -0.344. The Labute approximate surface area is 303 Å². The van der Waals surface area contributed by atoms with Crippen LogP contribution in [-0.4, -0.2) is 99.7 Å². The lowest BCUT2D eigenvalue weighted by Gasteiger charge is -2.69. The standard InChI is InChI=1S/C40H64O11/c1-20(16-24(43)33-36(6,7)51-33)23-10-15-40-19-39(23,40)14-11-26-37(8)13-12-28(48-22(3)42)35(4,5)27(37)17-29(38(26,40)9)50-34-32(46)31(45)30(44)25(49-34)18-47-21(2)41/h20,23-34,43-46H,10-19H2,1-9H3/t20?,23-,24?,25+,26+,27-,28+,29+,30+,31-,32+,33?,34-,37+,38-,39+,40+/m0/s1. The summed E-state index contributed by atoms with van der Waals surface area (Å²) in [7, 11) is 0. The molecule has 2 heterocycles. The smallest absolute Gasteiger partial charge is 0.302 e. The number of carbonyl (C=O) groups excluding carboxylic acids is 2. The van der Waals surface area contributed by atoms with Crippen LogP contribution < -0.4 is 0 Å². The molecule has 290 valence electrons. The van der Waals surface area contributed by atoms with Crippen LogP contribution in [0.25, 0.3) is 0 Å². The summed E-state index contributed by atoms with van der Waals surface area (Å²) >= 11 is 0. The molecule has 0 aromatic heterocycles. The molecule has 4 N–H and O–H groups in total. The summed E-state index contributed by atoms with van der Waals surface area (Å²) in [4.78, 5) is 23.9. The van der Waals surface area contributed by atoms with Crippen molar-refractivity contribution in [3.63, 3.8) is 0 Å². The molecule has 0 bridgehead atoms. The number of hydrogen-bond acceptors (Lipinski definition) is 11. The molecule has 0 aromatic rings. The zero-order chi connectivity index (χ0) is 37.3. The van der Waals surface area contributed by atoms with Gasteiger partial charge in [-0.2, -0.15) is 0 Å². The molecule has 11 heteroatoms. The molecule has 7 rings (SSSR count). The third-order valence-electron chi connectivity index (χ3n) is 16.5. The average molecular weight is 721 g/mol. The van der Waals surface area contributed by atoms with Crippen molar-refractivity contribution in [2.45, 2.75) is 181 Å². The van der Waals surface area contributed by atoms with E-state index >= 15 is 0 Å². The highest BCUT2D eigenvalue weighted by molar-refractivity contribution is 5.66. The Bertz CT molecular complexity index is 1380. The quantitative estimate of drug-likeness (QED) is 0.153. The van der Waals surface area contributed by atoms with E-state index in [2.05, 4.69) is 34.6 Å². The summed E-state index contributed by atoms with van der Waals surface area (Å²) in [5.74, 6) is 0.407. The molecule has 11 nitrogen and oxygen atoms in total. The molecule has 0 aromatic carbocycles. The van der Waals surface area contributed by atoms with Gasteiger partial charge < -0.3 is 44.1 Å². The molecule has 7 fully saturated rings. The van der Waals surface area contributed by atoms with Crippen LogP contribution in [0.4, 0.5) is 0 Å². The molecule has 51 heavy (non-hydrogen) atoms. The van der Waals surface area contributed by atoms with Gasteiger partial charge in [0.1, 0.15) is 43.2 Å². The number of ether oxygens (including phenoxy) is 5. The SMILES string of the molecule is CC(=O)OC[C@H]1O[C@@H](O[C@@H]2C[C@H]3C(C)(C)[C@H](OC(C)=O)CC[C@]3(C)[C@H]3CC[C@]45C[C@]4(CC[C@H]5C(C)CC(O)C4OC4(C)C)[C@@]32C)[C@H](O)[C@@H](O)[C@@H]1O. The Kier molecular flexibility index (Phi) is 9.18. The summed E-state index contributed by atoms with van der Waals surface area (Å²) in [6, 6.07) is 0. The number of esters is 2. The second-order valence-corrected chi connectivity index (χ2v) is 19.6. The van der Waals surface area contributed by atoms with Crippen LogP contribution in [0.15, 0.2) is 0 Å². The van der Waals surface area contributed by atoms with Crippen LogP contribution in [0.3, 0.4) is 0 Å². The van der Waals surface area contributed by atoms with Crippen molar-refractivity contribution in [1.29, 1.82) is 0 Å². The zero-order valence-electron chi connectivity index (χ0n) is 32.2. The summed E-state index contributed by atoms with van der Waals surface area (Å²) in [6.45, 7) is 18.2. The number of carbonyl (C=O) groups is 2. The number of aliphatic hydroxyl groups is 4. The van der Waals surface area contributed by atoms with Crippen LogP contribution in [0.5, 0.6) is 0 Å². The van der Waals surface area contributed by atoms with Crippen LogP contribution >= 0.6 is 0 Å². The second kappa shape index (κ2) is 12.3. The second-order valence-electron chi connectivity index (χ2n) is 19.6. The van der Waals surface area contributed by atoms with E-state index < -0.39 is 42.8 Å². The average Bonchev–Trinajstić information content (AvgIpc) is 3.87. The maximum atomic E-state index is 12.3. The minimum Gasteiger partial charge on any atom is -0.463 e. The third-order valence-corrected chi connectivity index (χ3v) is 16.5. The van der Waals surface area contributed by atoms with Crippen LogP contribution in [-0.2, 0) is 33.3 Å². The fourth-order valence-electron chi connectivity index (χ4n) is 14.1. The first-order valence-corrected chi connectivity index (χ1v) is 19.7. The molecule has 3 unspecified atom stereocenters. The number of rotatable bonds is 9. The Hall–Kier alpha value is -1.34. The van der Waals surface area contributed by atoms with Gasteiger partial charge in [-0.15, -0.1) is 0 Å². The van der Waals surface area contributed by atoms with Gasteiger partial charge in [0.05, 0.1) is 17.8 Å². The fraction of sp³-hybridized carbons (Fsp3) is 0.950. The minimum absolute atomic E-state index is 0.00651. The maximum Gasteiger partial charge on any atom is 0.302 e. The van der Waals surface area contributed by atoms with Gasteiger partial charge >= 0.3 is 11.9 Å². The van der Waals surface area contributed by atoms with Gasteiger partial charge in [0.15, 0.2) is 6.29 Å². The molecule has 5 aliphatic carbocycles. The van der Waals surface area contributed by atoms with Gasteiger partial charge in [-0.05, 0) is 112 Å². The molecule has 2 aliphatic heterocycles. The minimum atomic E-state index is -1.55. The predicted octanol–water partition coefficient (Wildman–Crippen LogP) is 4.29. The van der Waals surface area contributed by atoms with E-state index in [1.54, 1.807) is 0 Å². The third kappa shape index (κ3) is 5.51. The van der Waals surface area contributed by atoms with Gasteiger partial charge in [0.25, 0.3) is 0 Å². The molecule has 7 aliphatic rings. The Morgan fingerprint density at radius 2 is 1.55 bits per heavy atom. The first-order valence-electron chi connectivity index (χ1n) is 19.7. The normalized spacial score (nSPS) is 51.5. The van der Waals surface area contributed by atoms with Crippen LogP contribution in [0, 0.1) is 50.7 Å². The van der Waals surface area contributed by atoms with Gasteiger partial charge in [0.2, 0.25) is 0 Å². The first-order chi connectivity index (χ1) is 23.7. The van der Waals surface area contributed by atoms with Gasteiger partial charge in [-0.1, -0.05) is 34.6 Å². The van der Waals surface area contributed by atoms with E-state index in [9.17, 15) is 30.0 Å². The van der Waals surface area contributed by atoms with E-state index in [1.165, 1.54) is 13.8 Å². The lowest BCUT2D eigenvalue weighted by Crippen LogP contribution is -2.68. The Morgan fingerprint density at radius 1 is 0.863 bits per heavy atom. The van der Waals surface area contributed by atoms with E-state index in [0.717, 1.165) is 44.9 Å². The largest absolute Gasteiger partial charge is 0.463 e. The highest BCUT2D eigenvalue weighted by Crippen LogP contribution is 2.91. The molecule has 0 radical (unpaired) electrons. The van der Waals surface area contributed by atoms with Crippen molar-refractivity contribution in [3.05, 3.63) is 0 Å². The van der Waals surface area contributed by atoms with E-state index in [1.807, 2.05) is 13.8 Å². The lowest BCUT2D eigenvalue weighted by atomic mass is 9.37. The number of epoxide rings is 1. The maximum absolute atomic E-state index is 12.3. The van der Waals surface area contributed by atoms with Crippen molar-refractivity contribution >= 4 is 11.9 Å². The number of hydrogen-bond donors (Lipinski definition) is 4. The molecule has 0 spiro atoms. The van der Waals surface area contributed by atoms with E-state index in [-0.39, 0.29) is 75.4 Å². The van der Waals surface area contributed by atoms with Crippen molar-refractivity contribution in [1.82, 2.24) is 0 Å². The molecule has 17 atom stereocenters. The highest BCUT2D eigenvalue weighted by Gasteiger charge is 2.85. The van der Waals surface area contributed by atoms with E-state index in [0.29, 0.717) is 24.7 Å². The van der Waals surface area contributed by atoms with E-state index in [4.69, 9.17) is 23.7 Å². The number of aliphatic hydroxyl groups excluding tert-OH is 4. The first kappa shape index (κ1) is 38.0. The van der Waals surface area contributed by atoms with Gasteiger partial charge in [0, 0.05) is 24.7 Å². The summed E-state index contributed by atoms with van der Waals surface area (Å²) < 4.78 is 30.2. The summed E-state index contributed by atoms with van der Waals surface area (Å²) in [6.07, 6.45) is 0.542. The Morgan fingerprint density at radius 3 is 2.18 bits per heavy atom. The molecular formula is C40H64O11. The number of fused-ring (bicyclic) bond motifs is 3. The fourth-order valence-corrected chi connectivity index (χ4v) is 14.1. The van der Waals surface area contributed by atoms with Gasteiger partial charge in [-0.25, -0.2) is 0 Å². The molecule has 0 amide bonds. The zero-order valence-corrected chi connectivity index (χ0v) is 32.2. The summed E-state index contributed by atoms with van der Waals surface area (Å²) in [5, 5.41) is 44.3. The monoisotopic (exact) mass is 720 g/mol. The Balaban J connectivity index is 1.23. The van der Waals surface area contributed by atoms with Crippen LogP contribution in [0.2, 0.25) is 0 Å². The highest BCUT2D eigenvalue weighted by atomic mass is 16.7. The van der Waals surface area contributed by atoms with Crippen molar-refractivity contribution in [2.24, 2.45) is 50.7 Å². The van der Waals surface area contributed by atoms with Crippen LogP contribution in [0.1, 0.15) is 120 Å². The predicted molar refractivity (Wildman–Crippen MR) is 185 cm³/mol. The molecule has 5 saturated carbocycles. The van der Waals surface area contributed by atoms with Crippen molar-refractivity contribution < 1.29 is 53.7 Å².